The normalized spacial score (nSPS) is 20.9. The number of hydrogen-bond acceptors (Lipinski definition) is 11. The monoisotopic (exact) mass is 649 g/mol. The lowest BCUT2D eigenvalue weighted by molar-refractivity contribution is -0.265. The molecule has 2 heterocycles. The third-order valence-corrected chi connectivity index (χ3v) is 7.67. The van der Waals surface area contributed by atoms with Crippen LogP contribution in [0.15, 0.2) is 75.9 Å². The standard InChI is InChI=1S/C35H39NO11/c1-3-5-16-43-22-14-12-20(13-15-22)24-18-23(37)27-25(45-24)19-26(32(28(27)38)44-17-6-4-2)46-35-31(41)29(39)30(40)33(47-35)34(42)36-21-10-8-7-9-11-21/h7-15,18-19,29-31,33,35,38-41H,3-6,16-17H2,1-2H3,(H,36,42). The van der Waals surface area contributed by atoms with E-state index in [-0.39, 0.29) is 34.8 Å². The van der Waals surface area contributed by atoms with E-state index >= 15 is 0 Å². The molecule has 1 fully saturated rings. The number of nitrogens with one attached hydrogen (secondary N) is 1. The molecule has 4 aromatic rings. The lowest BCUT2D eigenvalue weighted by Gasteiger charge is -2.39. The van der Waals surface area contributed by atoms with Crippen molar-refractivity contribution in [3.05, 3.63) is 77.0 Å². The summed E-state index contributed by atoms with van der Waals surface area (Å²) in [4.78, 5) is 26.3. The SMILES string of the molecule is CCCCOc1ccc(-c2cc(=O)c3c(O)c(OCCCC)c(OC4OC(C(=O)Nc5ccccc5)C(O)C(O)C4O)cc3o2)cc1. The van der Waals surface area contributed by atoms with Gasteiger partial charge in [-0.05, 0) is 49.2 Å². The number of para-hydroxylation sites is 1. The van der Waals surface area contributed by atoms with Gasteiger partial charge >= 0.3 is 0 Å². The number of ether oxygens (including phenoxy) is 4. The molecule has 12 heteroatoms. The number of anilines is 1. The Balaban J connectivity index is 1.48. The highest BCUT2D eigenvalue weighted by atomic mass is 16.7. The first-order valence-electron chi connectivity index (χ1n) is 15.6. The molecule has 1 amide bonds. The summed E-state index contributed by atoms with van der Waals surface area (Å²) in [5, 5.41) is 45.7. The van der Waals surface area contributed by atoms with Gasteiger partial charge in [-0.3, -0.25) is 9.59 Å². The van der Waals surface area contributed by atoms with Crippen LogP contribution in [0.3, 0.4) is 0 Å². The number of aliphatic hydroxyl groups is 3. The van der Waals surface area contributed by atoms with Crippen molar-refractivity contribution in [2.24, 2.45) is 0 Å². The predicted octanol–water partition coefficient (Wildman–Crippen LogP) is 4.35. The lowest BCUT2D eigenvalue weighted by atomic mass is 9.98. The molecular formula is C35H39NO11. The molecular weight excluding hydrogens is 610 g/mol. The number of phenols is 1. The number of carbonyl (C=O) groups is 1. The van der Waals surface area contributed by atoms with Gasteiger partial charge in [-0.25, -0.2) is 0 Å². The number of phenolic OH excluding ortho intramolecular Hbond substituents is 1. The number of aliphatic hydroxyl groups excluding tert-OH is 3. The topological polar surface area (TPSA) is 177 Å². The predicted molar refractivity (Wildman–Crippen MR) is 173 cm³/mol. The number of aromatic hydroxyl groups is 1. The second-order valence-corrected chi connectivity index (χ2v) is 11.2. The molecule has 5 N–H and O–H groups in total. The highest BCUT2D eigenvalue weighted by Crippen LogP contribution is 2.44. The van der Waals surface area contributed by atoms with E-state index < -0.39 is 47.8 Å². The smallest absolute Gasteiger partial charge is 0.256 e. The molecule has 5 unspecified atom stereocenters. The van der Waals surface area contributed by atoms with Crippen LogP contribution in [0, 0.1) is 0 Å². The molecule has 1 aliphatic heterocycles. The summed E-state index contributed by atoms with van der Waals surface area (Å²) in [6.45, 7) is 4.75. The maximum absolute atomic E-state index is 13.3. The highest BCUT2D eigenvalue weighted by Gasteiger charge is 2.48. The molecule has 0 aliphatic carbocycles. The Morgan fingerprint density at radius 2 is 1.55 bits per heavy atom. The Labute approximate surface area is 271 Å². The summed E-state index contributed by atoms with van der Waals surface area (Å²) in [6.07, 6.45) is -5.49. The second kappa shape index (κ2) is 15.3. The first kappa shape index (κ1) is 33.7. The third-order valence-electron chi connectivity index (χ3n) is 7.67. The lowest BCUT2D eigenvalue weighted by Crippen LogP contribution is -2.62. The van der Waals surface area contributed by atoms with E-state index in [4.69, 9.17) is 23.4 Å². The third kappa shape index (κ3) is 7.68. The number of amides is 1. The van der Waals surface area contributed by atoms with Gasteiger partial charge in [0.2, 0.25) is 12.0 Å². The number of benzene rings is 3. The van der Waals surface area contributed by atoms with Crippen LogP contribution < -0.4 is 25.0 Å². The van der Waals surface area contributed by atoms with Crippen molar-refractivity contribution in [2.45, 2.75) is 70.2 Å². The quantitative estimate of drug-likeness (QED) is 0.130. The van der Waals surface area contributed by atoms with Crippen molar-refractivity contribution in [1.29, 1.82) is 0 Å². The van der Waals surface area contributed by atoms with Crippen molar-refractivity contribution in [3.63, 3.8) is 0 Å². The number of carbonyl (C=O) groups excluding carboxylic acids is 1. The first-order chi connectivity index (χ1) is 22.7. The van der Waals surface area contributed by atoms with E-state index in [1.807, 2.05) is 6.92 Å². The van der Waals surface area contributed by atoms with Crippen LogP contribution in [0.4, 0.5) is 5.69 Å². The van der Waals surface area contributed by atoms with E-state index in [2.05, 4.69) is 12.2 Å². The first-order valence-corrected chi connectivity index (χ1v) is 15.6. The maximum Gasteiger partial charge on any atom is 0.256 e. The number of fused-ring (bicyclic) bond motifs is 1. The van der Waals surface area contributed by atoms with Gasteiger partial charge in [0, 0.05) is 23.4 Å². The fraction of sp³-hybridized carbons (Fsp3) is 0.371. The number of hydrogen-bond donors (Lipinski definition) is 5. The van der Waals surface area contributed by atoms with Crippen LogP contribution in [-0.2, 0) is 9.53 Å². The van der Waals surface area contributed by atoms with E-state index in [1.165, 1.54) is 12.1 Å². The van der Waals surface area contributed by atoms with Gasteiger partial charge in [-0.1, -0.05) is 44.9 Å². The van der Waals surface area contributed by atoms with Crippen LogP contribution in [0.5, 0.6) is 23.0 Å². The highest BCUT2D eigenvalue weighted by molar-refractivity contribution is 5.94. The van der Waals surface area contributed by atoms with Gasteiger partial charge in [-0.2, -0.15) is 0 Å². The Morgan fingerprint density at radius 1 is 0.872 bits per heavy atom. The molecule has 5 rings (SSSR count). The van der Waals surface area contributed by atoms with Gasteiger partial charge in [0.25, 0.3) is 5.91 Å². The van der Waals surface area contributed by atoms with Crippen molar-refractivity contribution in [2.75, 3.05) is 18.5 Å². The fourth-order valence-corrected chi connectivity index (χ4v) is 5.02. The molecule has 47 heavy (non-hydrogen) atoms. The summed E-state index contributed by atoms with van der Waals surface area (Å²) >= 11 is 0. The zero-order valence-electron chi connectivity index (χ0n) is 26.1. The minimum absolute atomic E-state index is 0.0598. The molecule has 1 aliphatic rings. The van der Waals surface area contributed by atoms with Gasteiger partial charge in [-0.15, -0.1) is 0 Å². The molecule has 250 valence electrons. The van der Waals surface area contributed by atoms with Crippen LogP contribution >= 0.6 is 0 Å². The van der Waals surface area contributed by atoms with Crippen LogP contribution in [0.25, 0.3) is 22.3 Å². The summed E-state index contributed by atoms with van der Waals surface area (Å²) in [5.74, 6) is -0.888. The number of unbranched alkanes of at least 4 members (excludes halogenated alkanes) is 2. The van der Waals surface area contributed by atoms with Gasteiger partial charge in [0.05, 0.1) is 13.2 Å². The molecule has 12 nitrogen and oxygen atoms in total. The zero-order chi connectivity index (χ0) is 33.5. The molecule has 1 aromatic heterocycles. The average molecular weight is 650 g/mol. The molecule has 0 radical (unpaired) electrons. The number of rotatable bonds is 13. The summed E-state index contributed by atoms with van der Waals surface area (Å²) < 4.78 is 29.2. The minimum Gasteiger partial charge on any atom is -0.504 e. The second-order valence-electron chi connectivity index (χ2n) is 11.2. The average Bonchev–Trinajstić information content (AvgIpc) is 3.07. The van der Waals surface area contributed by atoms with E-state index in [9.17, 15) is 30.0 Å². The largest absolute Gasteiger partial charge is 0.504 e. The Hall–Kier alpha value is -4.62. The Morgan fingerprint density at radius 3 is 2.23 bits per heavy atom. The fourth-order valence-electron chi connectivity index (χ4n) is 5.02. The van der Waals surface area contributed by atoms with E-state index in [1.54, 1.807) is 54.6 Å². The molecule has 3 aromatic carbocycles. The summed E-state index contributed by atoms with van der Waals surface area (Å²) in [5.41, 5.74) is 0.392. The molecule has 0 saturated carbocycles. The molecule has 5 atom stereocenters. The van der Waals surface area contributed by atoms with Crippen LogP contribution in [-0.4, -0.2) is 70.3 Å². The molecule has 0 spiro atoms. The van der Waals surface area contributed by atoms with E-state index in [0.717, 1.165) is 19.3 Å². The van der Waals surface area contributed by atoms with Gasteiger partial charge in [0.15, 0.2) is 23.0 Å². The molecule has 0 bridgehead atoms. The maximum atomic E-state index is 13.3. The zero-order valence-corrected chi connectivity index (χ0v) is 26.1. The van der Waals surface area contributed by atoms with E-state index in [0.29, 0.717) is 30.0 Å². The summed E-state index contributed by atoms with van der Waals surface area (Å²) in [6, 6.07) is 18.0. The molecule has 1 saturated heterocycles. The minimum atomic E-state index is -1.84. The Bertz CT molecular complexity index is 1710. The van der Waals surface area contributed by atoms with Crippen LogP contribution in [0.2, 0.25) is 0 Å². The van der Waals surface area contributed by atoms with Crippen LogP contribution in [0.1, 0.15) is 39.5 Å². The van der Waals surface area contributed by atoms with Crippen molar-refractivity contribution < 1.29 is 48.6 Å². The van der Waals surface area contributed by atoms with Gasteiger partial charge < -0.3 is 49.1 Å². The van der Waals surface area contributed by atoms with Gasteiger partial charge in [0.1, 0.15) is 40.8 Å². The summed E-state index contributed by atoms with van der Waals surface area (Å²) in [7, 11) is 0. The van der Waals surface area contributed by atoms with Crippen molar-refractivity contribution >= 4 is 22.6 Å². The Kier molecular flexibility index (Phi) is 11.0. The van der Waals surface area contributed by atoms with Crippen molar-refractivity contribution in [3.8, 4) is 34.3 Å². The van der Waals surface area contributed by atoms with Crippen molar-refractivity contribution in [1.82, 2.24) is 0 Å².